The van der Waals surface area contributed by atoms with E-state index in [4.69, 9.17) is 11.6 Å². The highest BCUT2D eigenvalue weighted by Gasteiger charge is 2.06. The molecule has 126 valence electrons. The first-order valence-electron chi connectivity index (χ1n) is 7.63. The average Bonchev–Trinajstić information content (AvgIpc) is 2.58. The van der Waals surface area contributed by atoms with Crippen LogP contribution in [-0.4, -0.2) is 30.0 Å². The van der Waals surface area contributed by atoms with E-state index in [-0.39, 0.29) is 17.6 Å². The Morgan fingerprint density at radius 2 is 1.62 bits per heavy atom. The Kier molecular flexibility index (Phi) is 6.63. The zero-order chi connectivity index (χ0) is 17.4. The molecule has 0 spiro atoms. The second kappa shape index (κ2) is 8.93. The number of phenolic OH excluding ortho intramolecular Hbond substituents is 1. The predicted octanol–water partition coefficient (Wildman–Crippen LogP) is 2.52. The molecule has 5 nitrogen and oxygen atoms in total. The first-order chi connectivity index (χ1) is 11.6. The van der Waals surface area contributed by atoms with E-state index in [1.54, 1.807) is 6.07 Å². The molecule has 2 amide bonds. The minimum Gasteiger partial charge on any atom is -0.508 e. The van der Waals surface area contributed by atoms with E-state index in [1.807, 2.05) is 18.2 Å². The Morgan fingerprint density at radius 1 is 0.958 bits per heavy atom. The average molecular weight is 347 g/mol. The molecule has 2 rings (SSSR count). The van der Waals surface area contributed by atoms with Crippen molar-refractivity contribution < 1.29 is 14.7 Å². The minimum absolute atomic E-state index is 0.0891. The summed E-state index contributed by atoms with van der Waals surface area (Å²) in [6, 6.07) is 13.4. The lowest BCUT2D eigenvalue weighted by atomic mass is 10.1. The topological polar surface area (TPSA) is 78.4 Å². The highest BCUT2D eigenvalue weighted by Crippen LogP contribution is 2.16. The molecule has 0 atom stereocenters. The molecule has 2 aromatic rings. The number of carbonyl (C=O) groups is 2. The number of carbonyl (C=O) groups excluding carboxylic acids is 2. The smallest absolute Gasteiger partial charge is 0.251 e. The third-order valence-corrected chi connectivity index (χ3v) is 3.81. The van der Waals surface area contributed by atoms with Gasteiger partial charge in [-0.1, -0.05) is 29.8 Å². The van der Waals surface area contributed by atoms with Gasteiger partial charge in [0.2, 0.25) is 5.91 Å². The van der Waals surface area contributed by atoms with Crippen LogP contribution in [0.5, 0.6) is 5.75 Å². The van der Waals surface area contributed by atoms with Crippen molar-refractivity contribution in [2.75, 3.05) is 13.1 Å². The first kappa shape index (κ1) is 17.8. The van der Waals surface area contributed by atoms with E-state index in [2.05, 4.69) is 10.6 Å². The van der Waals surface area contributed by atoms with Gasteiger partial charge >= 0.3 is 0 Å². The molecule has 0 heterocycles. The van der Waals surface area contributed by atoms with Gasteiger partial charge in [0.1, 0.15) is 5.75 Å². The van der Waals surface area contributed by atoms with Crippen molar-refractivity contribution in [3.63, 3.8) is 0 Å². The van der Waals surface area contributed by atoms with Gasteiger partial charge in [0, 0.05) is 30.1 Å². The number of rotatable bonds is 7. The molecule has 24 heavy (non-hydrogen) atoms. The fourth-order valence-corrected chi connectivity index (χ4v) is 2.36. The van der Waals surface area contributed by atoms with Crippen molar-refractivity contribution in [2.45, 2.75) is 12.8 Å². The molecular weight excluding hydrogens is 328 g/mol. The summed E-state index contributed by atoms with van der Waals surface area (Å²) in [7, 11) is 0. The van der Waals surface area contributed by atoms with Crippen molar-refractivity contribution in [1.82, 2.24) is 10.6 Å². The van der Waals surface area contributed by atoms with E-state index < -0.39 is 0 Å². The van der Waals surface area contributed by atoms with Crippen LogP contribution in [0.1, 0.15) is 22.3 Å². The SMILES string of the molecule is O=C(CCc1ccccc1Cl)NCCNC(=O)c1ccc(O)cc1. The van der Waals surface area contributed by atoms with Crippen molar-refractivity contribution in [2.24, 2.45) is 0 Å². The number of benzene rings is 2. The van der Waals surface area contributed by atoms with Crippen molar-refractivity contribution in [3.05, 3.63) is 64.7 Å². The summed E-state index contributed by atoms with van der Waals surface area (Å²) in [5.74, 6) is -0.230. The van der Waals surface area contributed by atoms with E-state index in [0.29, 0.717) is 36.5 Å². The zero-order valence-electron chi connectivity index (χ0n) is 13.1. The second-order valence-electron chi connectivity index (χ2n) is 5.24. The maximum Gasteiger partial charge on any atom is 0.251 e. The number of halogens is 1. The molecule has 0 aliphatic rings. The van der Waals surface area contributed by atoms with Gasteiger partial charge in [0.05, 0.1) is 0 Å². The number of phenols is 1. The summed E-state index contributed by atoms with van der Waals surface area (Å²) in [5, 5.41) is 15.3. The first-order valence-corrected chi connectivity index (χ1v) is 8.01. The molecule has 6 heteroatoms. The maximum atomic E-state index is 11.8. The third-order valence-electron chi connectivity index (χ3n) is 3.44. The minimum atomic E-state index is -0.250. The number of amides is 2. The number of nitrogens with one attached hydrogen (secondary N) is 2. The van der Waals surface area contributed by atoms with Crippen LogP contribution in [-0.2, 0) is 11.2 Å². The lowest BCUT2D eigenvalue weighted by Gasteiger charge is -2.08. The molecule has 0 bridgehead atoms. The van der Waals surface area contributed by atoms with Crippen LogP contribution in [0.15, 0.2) is 48.5 Å². The fourth-order valence-electron chi connectivity index (χ4n) is 2.13. The van der Waals surface area contributed by atoms with Crippen LogP contribution in [0.4, 0.5) is 0 Å². The highest BCUT2D eigenvalue weighted by molar-refractivity contribution is 6.31. The lowest BCUT2D eigenvalue weighted by molar-refractivity contribution is -0.121. The van der Waals surface area contributed by atoms with Gasteiger partial charge in [0.15, 0.2) is 0 Å². The normalized spacial score (nSPS) is 10.2. The Balaban J connectivity index is 1.65. The van der Waals surface area contributed by atoms with Crippen LogP contribution in [0.3, 0.4) is 0 Å². The van der Waals surface area contributed by atoms with Crippen LogP contribution in [0, 0.1) is 0 Å². The number of aromatic hydroxyl groups is 1. The third kappa shape index (κ3) is 5.59. The van der Waals surface area contributed by atoms with Gasteiger partial charge in [-0.25, -0.2) is 0 Å². The van der Waals surface area contributed by atoms with Gasteiger partial charge in [0.25, 0.3) is 5.91 Å². The Hall–Kier alpha value is -2.53. The van der Waals surface area contributed by atoms with Gasteiger partial charge in [-0.3, -0.25) is 9.59 Å². The second-order valence-corrected chi connectivity index (χ2v) is 5.65. The van der Waals surface area contributed by atoms with Gasteiger partial charge < -0.3 is 15.7 Å². The molecule has 0 saturated carbocycles. The van der Waals surface area contributed by atoms with Crippen LogP contribution in [0.25, 0.3) is 0 Å². The Morgan fingerprint density at radius 3 is 2.33 bits per heavy atom. The largest absolute Gasteiger partial charge is 0.508 e. The zero-order valence-corrected chi connectivity index (χ0v) is 13.8. The standard InChI is InChI=1S/C18H19ClN2O3/c19-16-4-2-1-3-13(16)7-10-17(23)20-11-12-21-18(24)14-5-8-15(22)9-6-14/h1-6,8-9,22H,7,10-12H2,(H,20,23)(H,21,24). The van der Waals surface area contributed by atoms with E-state index in [9.17, 15) is 14.7 Å². The van der Waals surface area contributed by atoms with E-state index in [0.717, 1.165) is 5.56 Å². The van der Waals surface area contributed by atoms with Gasteiger partial charge in [-0.2, -0.15) is 0 Å². The molecule has 3 N–H and O–H groups in total. The number of hydrogen-bond acceptors (Lipinski definition) is 3. The molecule has 0 aliphatic heterocycles. The summed E-state index contributed by atoms with van der Waals surface area (Å²) in [4.78, 5) is 23.6. The highest BCUT2D eigenvalue weighted by atomic mass is 35.5. The summed E-state index contributed by atoms with van der Waals surface area (Å²) in [6.07, 6.45) is 0.918. The Bertz CT molecular complexity index is 702. The summed E-state index contributed by atoms with van der Waals surface area (Å²) in [6.45, 7) is 0.683. The summed E-state index contributed by atoms with van der Waals surface area (Å²) in [5.41, 5.74) is 1.40. The van der Waals surface area contributed by atoms with E-state index >= 15 is 0 Å². The molecule has 0 aromatic heterocycles. The fraction of sp³-hybridized carbons (Fsp3) is 0.222. The quantitative estimate of drug-likeness (QED) is 0.674. The van der Waals surface area contributed by atoms with Crippen molar-refractivity contribution in [1.29, 1.82) is 0 Å². The summed E-state index contributed by atoms with van der Waals surface area (Å²) >= 11 is 6.04. The van der Waals surface area contributed by atoms with Crippen LogP contribution < -0.4 is 10.6 Å². The van der Waals surface area contributed by atoms with E-state index in [1.165, 1.54) is 24.3 Å². The molecule has 0 fully saturated rings. The van der Waals surface area contributed by atoms with Crippen molar-refractivity contribution >= 4 is 23.4 Å². The maximum absolute atomic E-state index is 11.8. The molecular formula is C18H19ClN2O3. The molecule has 0 unspecified atom stereocenters. The lowest BCUT2D eigenvalue weighted by Crippen LogP contribution is -2.34. The molecule has 0 saturated heterocycles. The van der Waals surface area contributed by atoms with Gasteiger partial charge in [-0.15, -0.1) is 0 Å². The van der Waals surface area contributed by atoms with Crippen LogP contribution in [0.2, 0.25) is 5.02 Å². The van der Waals surface area contributed by atoms with Crippen LogP contribution >= 0.6 is 11.6 Å². The summed E-state index contributed by atoms with van der Waals surface area (Å²) < 4.78 is 0. The predicted molar refractivity (Wildman–Crippen MR) is 93.2 cm³/mol. The molecule has 0 aliphatic carbocycles. The monoisotopic (exact) mass is 346 g/mol. The van der Waals surface area contributed by atoms with Crippen molar-refractivity contribution in [3.8, 4) is 5.75 Å². The number of aryl methyl sites for hydroxylation is 1. The van der Waals surface area contributed by atoms with Gasteiger partial charge in [-0.05, 0) is 42.3 Å². The Labute approximate surface area is 145 Å². The molecule has 0 radical (unpaired) electrons. The number of hydrogen-bond donors (Lipinski definition) is 3. The molecule has 2 aromatic carbocycles.